The molecule has 0 saturated heterocycles. The summed E-state index contributed by atoms with van der Waals surface area (Å²) < 4.78 is 17.4. The van der Waals surface area contributed by atoms with Crippen LogP contribution in [0, 0.1) is 0 Å². The second-order valence-corrected chi connectivity index (χ2v) is 7.31. The average molecular weight is 317 g/mol. The SMILES string of the molecule is C=C(C)C(=O)OC([SiH3])(CC)C(OCCCC)OCCCC. The molecule has 0 heterocycles. The van der Waals surface area contributed by atoms with Gasteiger partial charge in [-0.05, 0) is 26.2 Å². The van der Waals surface area contributed by atoms with Crippen molar-refractivity contribution in [3.8, 4) is 0 Å². The van der Waals surface area contributed by atoms with Gasteiger partial charge in [-0.3, -0.25) is 0 Å². The van der Waals surface area contributed by atoms with Crippen molar-refractivity contribution in [3.63, 3.8) is 0 Å². The topological polar surface area (TPSA) is 44.8 Å². The van der Waals surface area contributed by atoms with Gasteiger partial charge in [0.2, 0.25) is 0 Å². The van der Waals surface area contributed by atoms with Crippen molar-refractivity contribution in [1.29, 1.82) is 0 Å². The van der Waals surface area contributed by atoms with Crippen LogP contribution in [0.1, 0.15) is 59.8 Å². The van der Waals surface area contributed by atoms with Gasteiger partial charge < -0.3 is 14.2 Å². The summed E-state index contributed by atoms with van der Waals surface area (Å²) in [6.45, 7) is 12.8. The van der Waals surface area contributed by atoms with Gasteiger partial charge in [0.1, 0.15) is 5.22 Å². The molecule has 0 amide bonds. The van der Waals surface area contributed by atoms with Crippen molar-refractivity contribution in [2.45, 2.75) is 71.3 Å². The summed E-state index contributed by atoms with van der Waals surface area (Å²) in [7, 11) is 0.648. The number of ether oxygens (including phenoxy) is 3. The molecule has 1 unspecified atom stereocenters. The zero-order valence-corrected chi connectivity index (χ0v) is 16.4. The normalized spacial score (nSPS) is 14.1. The lowest BCUT2D eigenvalue weighted by Gasteiger charge is -2.36. The molecule has 0 rings (SSSR count). The fraction of sp³-hybridized carbons (Fsp3) is 0.812. The second-order valence-electron chi connectivity index (χ2n) is 5.62. The molecular weight excluding hydrogens is 284 g/mol. The van der Waals surface area contributed by atoms with Crippen LogP contribution in [0.2, 0.25) is 0 Å². The molecule has 0 aromatic rings. The van der Waals surface area contributed by atoms with Crippen LogP contribution in [0.5, 0.6) is 0 Å². The summed E-state index contributed by atoms with van der Waals surface area (Å²) >= 11 is 0. The van der Waals surface area contributed by atoms with Gasteiger partial charge in [0.05, 0.1) is 10.2 Å². The van der Waals surface area contributed by atoms with E-state index < -0.39 is 11.5 Å². The Balaban J connectivity index is 4.82. The van der Waals surface area contributed by atoms with Gasteiger partial charge in [-0.15, -0.1) is 0 Å². The van der Waals surface area contributed by atoms with Crippen molar-refractivity contribution in [2.24, 2.45) is 0 Å². The Bertz CT molecular complexity index is 309. The van der Waals surface area contributed by atoms with Gasteiger partial charge in [-0.1, -0.05) is 40.2 Å². The summed E-state index contributed by atoms with van der Waals surface area (Å²) in [5.74, 6) is -0.366. The first-order valence-electron chi connectivity index (χ1n) is 8.03. The van der Waals surface area contributed by atoms with Crippen molar-refractivity contribution in [1.82, 2.24) is 0 Å². The van der Waals surface area contributed by atoms with Crippen LogP contribution in [0.15, 0.2) is 12.2 Å². The molecule has 0 aliphatic carbocycles. The lowest BCUT2D eigenvalue weighted by Crippen LogP contribution is -2.50. The van der Waals surface area contributed by atoms with Gasteiger partial charge in [-0.2, -0.15) is 0 Å². The van der Waals surface area contributed by atoms with E-state index in [4.69, 9.17) is 14.2 Å². The zero-order chi connectivity index (χ0) is 16.3. The van der Waals surface area contributed by atoms with Gasteiger partial charge in [0.15, 0.2) is 6.29 Å². The number of hydrogen-bond acceptors (Lipinski definition) is 4. The minimum atomic E-state index is -0.655. The van der Waals surface area contributed by atoms with E-state index in [1.165, 1.54) is 0 Å². The fourth-order valence-corrected chi connectivity index (χ4v) is 2.17. The predicted molar refractivity (Wildman–Crippen MR) is 89.4 cm³/mol. The van der Waals surface area contributed by atoms with E-state index in [9.17, 15) is 4.79 Å². The van der Waals surface area contributed by atoms with E-state index in [2.05, 4.69) is 20.4 Å². The van der Waals surface area contributed by atoms with E-state index in [1.807, 2.05) is 6.92 Å². The minimum absolute atomic E-state index is 0.366. The Morgan fingerprint density at radius 1 is 1.14 bits per heavy atom. The smallest absolute Gasteiger partial charge is 0.333 e. The first kappa shape index (κ1) is 20.3. The molecule has 0 spiro atoms. The highest BCUT2D eigenvalue weighted by Gasteiger charge is 2.38. The third-order valence-electron chi connectivity index (χ3n) is 3.41. The van der Waals surface area contributed by atoms with Crippen molar-refractivity contribution in [2.75, 3.05) is 13.2 Å². The molecule has 0 fully saturated rings. The van der Waals surface area contributed by atoms with Gasteiger partial charge in [-0.25, -0.2) is 4.79 Å². The molecule has 0 aromatic carbocycles. The predicted octanol–water partition coefficient (Wildman–Crippen LogP) is 2.54. The Labute approximate surface area is 132 Å². The Hall–Kier alpha value is -0.653. The molecule has 21 heavy (non-hydrogen) atoms. The highest BCUT2D eigenvalue weighted by molar-refractivity contribution is 6.16. The molecule has 0 saturated carbocycles. The minimum Gasteiger partial charge on any atom is -0.455 e. The average Bonchev–Trinajstić information content (AvgIpc) is 2.45. The lowest BCUT2D eigenvalue weighted by atomic mass is 10.2. The van der Waals surface area contributed by atoms with Crippen LogP contribution >= 0.6 is 0 Å². The third-order valence-corrected chi connectivity index (χ3v) is 4.79. The molecule has 4 nitrogen and oxygen atoms in total. The van der Waals surface area contributed by atoms with Crippen LogP contribution < -0.4 is 0 Å². The number of esters is 1. The molecule has 124 valence electrons. The lowest BCUT2D eigenvalue weighted by molar-refractivity contribution is -0.223. The van der Waals surface area contributed by atoms with Gasteiger partial charge in [0, 0.05) is 18.8 Å². The fourth-order valence-electron chi connectivity index (χ4n) is 1.66. The summed E-state index contributed by atoms with van der Waals surface area (Å²) in [4.78, 5) is 11.9. The zero-order valence-electron chi connectivity index (χ0n) is 14.4. The van der Waals surface area contributed by atoms with E-state index in [1.54, 1.807) is 6.92 Å². The largest absolute Gasteiger partial charge is 0.455 e. The number of unbranched alkanes of at least 4 members (excludes halogenated alkanes) is 2. The molecule has 0 aliphatic heterocycles. The van der Waals surface area contributed by atoms with Crippen molar-refractivity contribution in [3.05, 3.63) is 12.2 Å². The van der Waals surface area contributed by atoms with E-state index >= 15 is 0 Å². The second kappa shape index (κ2) is 11.0. The first-order chi connectivity index (χ1) is 9.91. The standard InChI is InChI=1S/C16H32O4Si/c1-6-9-11-18-15(19-12-10-7-2)16(21,8-3)20-14(17)13(4)5/h15H,4,6-12H2,1-3,5,21H3. The maximum absolute atomic E-state index is 11.9. The summed E-state index contributed by atoms with van der Waals surface area (Å²) in [5, 5.41) is -0.655. The summed E-state index contributed by atoms with van der Waals surface area (Å²) in [5.41, 5.74) is 0.407. The molecule has 0 radical (unpaired) electrons. The van der Waals surface area contributed by atoms with E-state index in [0.717, 1.165) is 25.7 Å². The van der Waals surface area contributed by atoms with E-state index in [-0.39, 0.29) is 5.97 Å². The maximum Gasteiger partial charge on any atom is 0.333 e. The Kier molecular flexibility index (Phi) is 10.6. The number of carbonyl (C=O) groups excluding carboxylic acids is 1. The third kappa shape index (κ3) is 7.78. The van der Waals surface area contributed by atoms with Crippen LogP contribution in [0.3, 0.4) is 0 Å². The first-order valence-corrected chi connectivity index (χ1v) is 9.03. The van der Waals surface area contributed by atoms with Gasteiger partial charge >= 0.3 is 5.97 Å². The van der Waals surface area contributed by atoms with E-state index in [0.29, 0.717) is 35.5 Å². The van der Waals surface area contributed by atoms with Crippen LogP contribution in [0.4, 0.5) is 0 Å². The summed E-state index contributed by atoms with van der Waals surface area (Å²) in [6, 6.07) is 0. The Morgan fingerprint density at radius 3 is 1.95 bits per heavy atom. The summed E-state index contributed by atoms with van der Waals surface area (Å²) in [6.07, 6.45) is 4.28. The highest BCUT2D eigenvalue weighted by atomic mass is 28.1. The van der Waals surface area contributed by atoms with Crippen LogP contribution in [0.25, 0.3) is 0 Å². The van der Waals surface area contributed by atoms with Gasteiger partial charge in [0.25, 0.3) is 0 Å². The van der Waals surface area contributed by atoms with Crippen molar-refractivity contribution < 1.29 is 19.0 Å². The number of rotatable bonds is 12. The molecule has 1 atom stereocenters. The number of hydrogen-bond donors (Lipinski definition) is 0. The maximum atomic E-state index is 11.9. The molecule has 5 heteroatoms. The molecule has 0 bridgehead atoms. The highest BCUT2D eigenvalue weighted by Crippen LogP contribution is 2.23. The molecule has 0 N–H and O–H groups in total. The Morgan fingerprint density at radius 2 is 1.62 bits per heavy atom. The van der Waals surface area contributed by atoms with Crippen LogP contribution in [-0.4, -0.2) is 40.9 Å². The van der Waals surface area contributed by atoms with Crippen molar-refractivity contribution >= 4 is 16.2 Å². The monoisotopic (exact) mass is 316 g/mol. The molecule has 0 aliphatic rings. The quantitative estimate of drug-likeness (QED) is 0.182. The molecular formula is C16H32O4Si. The molecule has 0 aromatic heterocycles. The van der Waals surface area contributed by atoms with Crippen LogP contribution in [-0.2, 0) is 19.0 Å². The number of carbonyl (C=O) groups is 1.